The Morgan fingerprint density at radius 3 is 2.87 bits per heavy atom. The Kier molecular flexibility index (Phi) is 8.96. The van der Waals surface area contributed by atoms with Gasteiger partial charge in [-0.05, 0) is 64.3 Å². The van der Waals surface area contributed by atoms with Gasteiger partial charge < -0.3 is 25.3 Å². The molecule has 0 spiro atoms. The highest BCUT2D eigenvalue weighted by molar-refractivity contribution is 14.0. The second kappa shape index (κ2) is 11.0. The summed E-state index contributed by atoms with van der Waals surface area (Å²) in [6.07, 6.45) is 3.09. The number of H-pyrrole nitrogens is 1. The molecule has 1 unspecified atom stereocenters. The number of carbonyl (C=O) groups is 1. The van der Waals surface area contributed by atoms with Crippen LogP contribution >= 0.6 is 24.0 Å². The first-order valence-electron chi connectivity index (χ1n) is 10.5. The molecule has 1 aromatic carbocycles. The molecule has 172 valence electrons. The smallest absolute Gasteiger partial charge is 0.407 e. The second-order valence-corrected chi connectivity index (χ2v) is 8.57. The second-order valence-electron chi connectivity index (χ2n) is 8.57. The Bertz CT molecular complexity index is 909. The van der Waals surface area contributed by atoms with Crippen molar-refractivity contribution in [2.45, 2.75) is 52.2 Å². The molecule has 1 aliphatic rings. The molecule has 1 aliphatic heterocycles. The van der Waals surface area contributed by atoms with Crippen molar-refractivity contribution in [3.63, 3.8) is 0 Å². The van der Waals surface area contributed by atoms with Gasteiger partial charge in [0, 0.05) is 43.3 Å². The summed E-state index contributed by atoms with van der Waals surface area (Å²) in [5.74, 6) is 0.595. The van der Waals surface area contributed by atoms with Gasteiger partial charge in [0.1, 0.15) is 11.4 Å². The molecule has 1 fully saturated rings. The summed E-state index contributed by atoms with van der Waals surface area (Å²) in [5, 5.41) is 7.17. The van der Waals surface area contributed by atoms with E-state index in [0.717, 1.165) is 41.9 Å². The van der Waals surface area contributed by atoms with Crippen molar-refractivity contribution in [3.05, 3.63) is 35.8 Å². The van der Waals surface area contributed by atoms with Crippen LogP contribution in [0.1, 0.15) is 39.7 Å². The monoisotopic (exact) mass is 545 g/mol. The van der Waals surface area contributed by atoms with Crippen LogP contribution in [0.2, 0.25) is 0 Å². The van der Waals surface area contributed by atoms with Crippen LogP contribution in [0.3, 0.4) is 0 Å². The lowest BCUT2D eigenvalue weighted by molar-refractivity contribution is 0.0507. The fourth-order valence-electron chi connectivity index (χ4n) is 3.61. The van der Waals surface area contributed by atoms with Crippen LogP contribution < -0.4 is 10.6 Å². The van der Waals surface area contributed by atoms with Gasteiger partial charge in [0.2, 0.25) is 0 Å². The molecule has 3 rings (SSSR count). The highest BCUT2D eigenvalue weighted by atomic mass is 127. The number of aromatic amines is 1. The van der Waals surface area contributed by atoms with Gasteiger partial charge >= 0.3 is 6.09 Å². The van der Waals surface area contributed by atoms with Crippen molar-refractivity contribution >= 4 is 46.9 Å². The van der Waals surface area contributed by atoms with E-state index in [1.807, 2.05) is 33.9 Å². The number of guanidine groups is 1. The van der Waals surface area contributed by atoms with E-state index >= 15 is 0 Å². The maximum absolute atomic E-state index is 13.6. The molecule has 0 saturated carbocycles. The SMILES string of the molecule is CCNC(=NCCc1c[nH]c2ccc(F)cc12)N1CCC(NC(=O)OC(C)(C)C)C1.I. The lowest BCUT2D eigenvalue weighted by Gasteiger charge is -2.23. The normalized spacial score (nSPS) is 16.9. The lowest BCUT2D eigenvalue weighted by Crippen LogP contribution is -2.44. The van der Waals surface area contributed by atoms with E-state index < -0.39 is 5.60 Å². The Balaban J connectivity index is 0.00000341. The molecular weight excluding hydrogens is 512 g/mol. The van der Waals surface area contributed by atoms with Crippen LogP contribution in [0, 0.1) is 5.82 Å². The van der Waals surface area contributed by atoms with Crippen molar-refractivity contribution < 1.29 is 13.9 Å². The highest BCUT2D eigenvalue weighted by Crippen LogP contribution is 2.20. The number of nitrogens with zero attached hydrogens (tertiary/aromatic N) is 2. The lowest BCUT2D eigenvalue weighted by atomic mass is 10.1. The molecule has 0 aliphatic carbocycles. The van der Waals surface area contributed by atoms with Crippen LogP contribution in [0.15, 0.2) is 29.4 Å². The summed E-state index contributed by atoms with van der Waals surface area (Å²) >= 11 is 0. The molecule has 7 nitrogen and oxygen atoms in total. The number of amides is 1. The molecule has 1 aromatic heterocycles. The topological polar surface area (TPSA) is 81.8 Å². The standard InChI is InChI=1S/C22H32FN5O2.HI/c1-5-24-20(28-11-9-17(14-28)27-21(29)30-22(2,3)4)25-10-8-15-13-26-19-7-6-16(23)12-18(15)19;/h6-7,12-13,17,26H,5,8-11,14H2,1-4H3,(H,24,25)(H,27,29);1H. The Morgan fingerprint density at radius 2 is 2.16 bits per heavy atom. The number of nitrogens with one attached hydrogen (secondary N) is 3. The maximum atomic E-state index is 13.6. The van der Waals surface area contributed by atoms with Crippen molar-refractivity contribution in [2.75, 3.05) is 26.2 Å². The molecule has 3 N–H and O–H groups in total. The summed E-state index contributed by atoms with van der Waals surface area (Å²) in [6, 6.07) is 4.80. The zero-order chi connectivity index (χ0) is 21.7. The van der Waals surface area contributed by atoms with E-state index in [2.05, 4.69) is 20.5 Å². The predicted octanol–water partition coefficient (Wildman–Crippen LogP) is 4.03. The number of ether oxygens (including phenoxy) is 1. The zero-order valence-electron chi connectivity index (χ0n) is 18.6. The Morgan fingerprint density at radius 1 is 1.39 bits per heavy atom. The van der Waals surface area contributed by atoms with Crippen LogP contribution in [-0.2, 0) is 11.2 Å². The van der Waals surface area contributed by atoms with Gasteiger partial charge in [-0.3, -0.25) is 4.99 Å². The number of carbonyl (C=O) groups excluding carboxylic acids is 1. The van der Waals surface area contributed by atoms with E-state index in [9.17, 15) is 9.18 Å². The number of halogens is 2. The summed E-state index contributed by atoms with van der Waals surface area (Å²) in [7, 11) is 0. The fourth-order valence-corrected chi connectivity index (χ4v) is 3.61. The number of hydrogen-bond donors (Lipinski definition) is 3. The predicted molar refractivity (Wildman–Crippen MR) is 133 cm³/mol. The molecule has 2 heterocycles. The van der Waals surface area contributed by atoms with E-state index in [4.69, 9.17) is 9.73 Å². The fraction of sp³-hybridized carbons (Fsp3) is 0.545. The summed E-state index contributed by atoms with van der Waals surface area (Å²) < 4.78 is 18.9. The zero-order valence-corrected chi connectivity index (χ0v) is 21.0. The van der Waals surface area contributed by atoms with E-state index in [1.165, 1.54) is 6.07 Å². The van der Waals surface area contributed by atoms with Crippen molar-refractivity contribution in [1.29, 1.82) is 0 Å². The third-order valence-corrected chi connectivity index (χ3v) is 4.92. The van der Waals surface area contributed by atoms with Gasteiger partial charge in [0.25, 0.3) is 0 Å². The molecule has 31 heavy (non-hydrogen) atoms. The van der Waals surface area contributed by atoms with Gasteiger partial charge in [-0.15, -0.1) is 24.0 Å². The van der Waals surface area contributed by atoms with Crippen molar-refractivity contribution in [1.82, 2.24) is 20.5 Å². The molecule has 1 saturated heterocycles. The minimum absolute atomic E-state index is 0. The molecule has 1 atom stereocenters. The number of alkyl carbamates (subject to hydrolysis) is 1. The number of fused-ring (bicyclic) bond motifs is 1. The third kappa shape index (κ3) is 7.26. The molecule has 0 radical (unpaired) electrons. The van der Waals surface area contributed by atoms with Crippen molar-refractivity contribution in [3.8, 4) is 0 Å². The quantitative estimate of drug-likeness (QED) is 0.301. The number of rotatable bonds is 5. The van der Waals surface area contributed by atoms with Crippen LogP contribution in [-0.4, -0.2) is 59.8 Å². The largest absolute Gasteiger partial charge is 0.444 e. The number of likely N-dealkylation sites (tertiary alicyclic amines) is 1. The van der Waals surface area contributed by atoms with Crippen molar-refractivity contribution in [2.24, 2.45) is 4.99 Å². The summed E-state index contributed by atoms with van der Waals surface area (Å²) in [6.45, 7) is 10.4. The summed E-state index contributed by atoms with van der Waals surface area (Å²) in [4.78, 5) is 22.1. The minimum Gasteiger partial charge on any atom is -0.444 e. The number of benzene rings is 1. The molecule has 0 bridgehead atoms. The molecule has 2 aromatic rings. The summed E-state index contributed by atoms with van der Waals surface area (Å²) in [5.41, 5.74) is 1.47. The first-order chi connectivity index (χ1) is 14.2. The van der Waals surface area contributed by atoms with E-state index in [-0.39, 0.29) is 41.9 Å². The van der Waals surface area contributed by atoms with E-state index in [1.54, 1.807) is 12.1 Å². The first-order valence-corrected chi connectivity index (χ1v) is 10.5. The van der Waals surface area contributed by atoms with Gasteiger partial charge in [0.15, 0.2) is 5.96 Å². The first kappa shape index (κ1) is 25.2. The average molecular weight is 545 g/mol. The Hall–Kier alpha value is -2.04. The molecule has 9 heteroatoms. The van der Waals surface area contributed by atoms with Gasteiger partial charge in [0.05, 0.1) is 6.04 Å². The van der Waals surface area contributed by atoms with Gasteiger partial charge in [-0.1, -0.05) is 0 Å². The number of aliphatic imine (C=N–C) groups is 1. The van der Waals surface area contributed by atoms with Crippen LogP contribution in [0.4, 0.5) is 9.18 Å². The number of hydrogen-bond acceptors (Lipinski definition) is 3. The van der Waals surface area contributed by atoms with Crippen LogP contribution in [0.25, 0.3) is 10.9 Å². The van der Waals surface area contributed by atoms with Gasteiger partial charge in [-0.2, -0.15) is 0 Å². The minimum atomic E-state index is -0.510. The molecular formula is C22H33FIN5O2. The highest BCUT2D eigenvalue weighted by Gasteiger charge is 2.27. The number of aromatic nitrogens is 1. The maximum Gasteiger partial charge on any atom is 0.407 e. The van der Waals surface area contributed by atoms with Gasteiger partial charge in [-0.25, -0.2) is 9.18 Å². The third-order valence-electron chi connectivity index (χ3n) is 4.92. The van der Waals surface area contributed by atoms with Crippen LogP contribution in [0.5, 0.6) is 0 Å². The molecule has 1 amide bonds. The van der Waals surface area contributed by atoms with E-state index in [0.29, 0.717) is 19.5 Å². The average Bonchev–Trinajstić information content (AvgIpc) is 3.26. The Labute approximate surface area is 200 Å².